The van der Waals surface area contributed by atoms with Gasteiger partial charge in [0.2, 0.25) is 5.82 Å². The first-order valence-electron chi connectivity index (χ1n) is 7.90. The quantitative estimate of drug-likeness (QED) is 0.514. The van der Waals surface area contributed by atoms with E-state index in [4.69, 9.17) is 9.26 Å². The normalized spacial score (nSPS) is 11.5. The highest BCUT2D eigenvalue weighted by molar-refractivity contribution is 6.04. The van der Waals surface area contributed by atoms with Crippen molar-refractivity contribution in [1.82, 2.24) is 40.1 Å². The summed E-state index contributed by atoms with van der Waals surface area (Å²) >= 11 is 0. The zero-order valence-corrected chi connectivity index (χ0v) is 13.9. The van der Waals surface area contributed by atoms with Crippen LogP contribution in [0, 0.1) is 0 Å². The molecule has 5 aromatic rings. The van der Waals surface area contributed by atoms with Gasteiger partial charge in [-0.1, -0.05) is 17.3 Å². The summed E-state index contributed by atoms with van der Waals surface area (Å²) in [6.45, 7) is -0.763. The fourth-order valence-corrected chi connectivity index (χ4v) is 2.95. The Hall–Kier alpha value is -3.89. The molecule has 0 amide bonds. The Morgan fingerprint density at radius 3 is 2.96 bits per heavy atom. The van der Waals surface area contributed by atoms with Crippen molar-refractivity contribution in [3.63, 3.8) is 0 Å². The number of methoxy groups -OCH3 is 1. The Bertz CT molecular complexity index is 1260. The van der Waals surface area contributed by atoms with Gasteiger partial charge in [-0.3, -0.25) is 5.10 Å². The van der Waals surface area contributed by atoms with Crippen molar-refractivity contribution in [1.29, 1.82) is 0 Å². The summed E-state index contributed by atoms with van der Waals surface area (Å²) < 4.78 is 24.8. The Balaban J connectivity index is 1.88. The van der Waals surface area contributed by atoms with Crippen LogP contribution < -0.4 is 4.74 Å². The zero-order chi connectivity index (χ0) is 18.4. The lowest BCUT2D eigenvalue weighted by Crippen LogP contribution is -2.01. The summed E-state index contributed by atoms with van der Waals surface area (Å²) in [5.41, 5.74) is 1.32. The Morgan fingerprint density at radius 2 is 2.22 bits per heavy atom. The fraction of sp³-hybridized carbons (Fsp3) is 0.125. The highest BCUT2D eigenvalue weighted by atomic mass is 19.1. The molecule has 27 heavy (non-hydrogen) atoms. The van der Waals surface area contributed by atoms with Crippen LogP contribution in [0.25, 0.3) is 39.5 Å². The molecule has 5 rings (SSSR count). The standard InChI is InChI=1S/C16H11FN8O2/c1-26-11-4-2-3-9-12(11)13(14-18-7-19-20-14)23-25-15(9)21-22-16(25)10-5-8(6-17)27-24-10/h2-5,7H,6H2,1H3,(H,18,19,20). The van der Waals surface area contributed by atoms with Crippen LogP contribution in [0.5, 0.6) is 5.75 Å². The van der Waals surface area contributed by atoms with Gasteiger partial charge >= 0.3 is 0 Å². The molecule has 0 saturated heterocycles. The summed E-state index contributed by atoms with van der Waals surface area (Å²) in [6.07, 6.45) is 1.39. The molecular weight excluding hydrogens is 355 g/mol. The van der Waals surface area contributed by atoms with E-state index in [1.165, 1.54) is 16.9 Å². The number of hydrogen-bond donors (Lipinski definition) is 1. The molecule has 0 radical (unpaired) electrons. The first-order chi connectivity index (χ1) is 13.3. The average Bonchev–Trinajstić information content (AvgIpc) is 3.46. The van der Waals surface area contributed by atoms with Crippen molar-refractivity contribution in [2.45, 2.75) is 6.67 Å². The van der Waals surface area contributed by atoms with Crippen LogP contribution >= 0.6 is 0 Å². The van der Waals surface area contributed by atoms with E-state index in [-0.39, 0.29) is 5.76 Å². The number of fused-ring (bicyclic) bond motifs is 3. The van der Waals surface area contributed by atoms with Crippen molar-refractivity contribution in [2.75, 3.05) is 7.11 Å². The first kappa shape index (κ1) is 15.4. The number of aromatic amines is 1. The molecule has 0 unspecified atom stereocenters. The number of ether oxygens (including phenoxy) is 1. The van der Waals surface area contributed by atoms with E-state index < -0.39 is 6.67 Å². The number of nitrogens with zero attached hydrogens (tertiary/aromatic N) is 7. The van der Waals surface area contributed by atoms with Gasteiger partial charge in [0, 0.05) is 11.5 Å². The van der Waals surface area contributed by atoms with Gasteiger partial charge in [-0.05, 0) is 6.07 Å². The number of aromatic nitrogens is 8. The highest BCUT2D eigenvalue weighted by Crippen LogP contribution is 2.35. The van der Waals surface area contributed by atoms with E-state index in [1.54, 1.807) is 7.11 Å². The van der Waals surface area contributed by atoms with Crippen LogP contribution in [0.2, 0.25) is 0 Å². The second-order valence-electron chi connectivity index (χ2n) is 5.64. The third-order valence-electron chi connectivity index (χ3n) is 4.12. The Labute approximate surface area is 150 Å². The van der Waals surface area contributed by atoms with Gasteiger partial charge in [0.25, 0.3) is 0 Å². The molecule has 4 aromatic heterocycles. The van der Waals surface area contributed by atoms with Gasteiger partial charge in [0.05, 0.1) is 12.5 Å². The molecule has 0 fully saturated rings. The fourth-order valence-electron chi connectivity index (χ4n) is 2.95. The summed E-state index contributed by atoms with van der Waals surface area (Å²) in [7, 11) is 1.58. The molecule has 0 bridgehead atoms. The first-order valence-corrected chi connectivity index (χ1v) is 7.90. The van der Waals surface area contributed by atoms with Crippen LogP contribution in [-0.2, 0) is 6.67 Å². The maximum Gasteiger partial charge on any atom is 0.207 e. The minimum absolute atomic E-state index is 0.0969. The highest BCUT2D eigenvalue weighted by Gasteiger charge is 2.21. The topological polar surface area (TPSA) is 120 Å². The van der Waals surface area contributed by atoms with Gasteiger partial charge in [-0.2, -0.15) is 14.7 Å². The molecule has 0 saturated carbocycles. The zero-order valence-electron chi connectivity index (χ0n) is 13.9. The number of benzene rings is 1. The van der Waals surface area contributed by atoms with Crippen LogP contribution in [0.15, 0.2) is 35.1 Å². The summed E-state index contributed by atoms with van der Waals surface area (Å²) in [4.78, 5) is 4.20. The van der Waals surface area contributed by atoms with Crippen LogP contribution in [0.1, 0.15) is 5.76 Å². The Kier molecular flexibility index (Phi) is 3.32. The lowest BCUT2D eigenvalue weighted by atomic mass is 10.1. The number of hydrogen-bond acceptors (Lipinski definition) is 8. The maximum atomic E-state index is 12.8. The predicted octanol–water partition coefficient (Wildman–Crippen LogP) is 2.20. The van der Waals surface area contributed by atoms with Crippen molar-refractivity contribution in [3.05, 3.63) is 36.4 Å². The van der Waals surface area contributed by atoms with Gasteiger partial charge in [-0.25, -0.2) is 9.37 Å². The average molecular weight is 366 g/mol. The molecule has 1 aromatic carbocycles. The molecule has 4 heterocycles. The molecule has 0 aliphatic rings. The van der Waals surface area contributed by atoms with E-state index in [2.05, 4.69) is 35.6 Å². The largest absolute Gasteiger partial charge is 0.496 e. The number of rotatable bonds is 4. The monoisotopic (exact) mass is 366 g/mol. The van der Waals surface area contributed by atoms with E-state index in [0.717, 1.165) is 5.39 Å². The van der Waals surface area contributed by atoms with E-state index in [1.807, 2.05) is 18.2 Å². The third kappa shape index (κ3) is 2.25. The maximum absolute atomic E-state index is 12.8. The van der Waals surface area contributed by atoms with Gasteiger partial charge in [-0.15, -0.1) is 10.2 Å². The van der Waals surface area contributed by atoms with Gasteiger partial charge in [0.1, 0.15) is 24.4 Å². The van der Waals surface area contributed by atoms with Crippen molar-refractivity contribution in [2.24, 2.45) is 0 Å². The number of alkyl halides is 1. The van der Waals surface area contributed by atoms with Crippen LogP contribution in [0.4, 0.5) is 4.39 Å². The van der Waals surface area contributed by atoms with Crippen molar-refractivity contribution >= 4 is 16.4 Å². The lowest BCUT2D eigenvalue weighted by Gasteiger charge is -2.09. The Morgan fingerprint density at radius 1 is 1.30 bits per heavy atom. The third-order valence-corrected chi connectivity index (χ3v) is 4.12. The van der Waals surface area contributed by atoms with Crippen LogP contribution in [-0.4, -0.2) is 47.3 Å². The molecule has 134 valence electrons. The van der Waals surface area contributed by atoms with Crippen molar-refractivity contribution in [3.8, 4) is 28.8 Å². The minimum Gasteiger partial charge on any atom is -0.496 e. The smallest absolute Gasteiger partial charge is 0.207 e. The summed E-state index contributed by atoms with van der Waals surface area (Å²) in [5.74, 6) is 1.48. The molecule has 0 aliphatic heterocycles. The predicted molar refractivity (Wildman–Crippen MR) is 90.5 cm³/mol. The molecule has 0 spiro atoms. The molecule has 0 atom stereocenters. The molecule has 1 N–H and O–H groups in total. The van der Waals surface area contributed by atoms with Gasteiger partial charge < -0.3 is 9.26 Å². The number of halogens is 1. The number of nitrogens with one attached hydrogen (secondary N) is 1. The molecule has 0 aliphatic carbocycles. The molecule has 11 heteroatoms. The lowest BCUT2D eigenvalue weighted by molar-refractivity contribution is 0.331. The summed E-state index contributed by atoms with van der Waals surface area (Å²) in [6, 6.07) is 7.00. The molecular formula is C16H11FN8O2. The van der Waals surface area contributed by atoms with E-state index in [9.17, 15) is 4.39 Å². The van der Waals surface area contributed by atoms with E-state index >= 15 is 0 Å². The second-order valence-corrected chi connectivity index (χ2v) is 5.64. The van der Waals surface area contributed by atoms with Crippen molar-refractivity contribution < 1.29 is 13.7 Å². The SMILES string of the molecule is COc1cccc2c1c(-c1ncn[nH]1)nn1c(-c3cc(CF)on3)nnc21. The van der Waals surface area contributed by atoms with Crippen LogP contribution in [0.3, 0.4) is 0 Å². The number of H-pyrrole nitrogens is 1. The minimum atomic E-state index is -0.763. The van der Waals surface area contributed by atoms with Gasteiger partial charge in [0.15, 0.2) is 22.9 Å². The van der Waals surface area contributed by atoms with E-state index in [0.29, 0.717) is 39.8 Å². The molecule has 10 nitrogen and oxygen atoms in total. The second kappa shape index (κ2) is 5.83. The summed E-state index contributed by atoms with van der Waals surface area (Å²) in [5, 5.41) is 25.0.